The van der Waals surface area contributed by atoms with Crippen LogP contribution in [0.2, 0.25) is 0 Å². The Labute approximate surface area is 105 Å². The molecular weight excluding hydrogens is 233 g/mol. The molecule has 2 aromatic rings. The molecule has 0 unspecified atom stereocenters. The lowest BCUT2D eigenvalue weighted by Gasteiger charge is -2.08. The van der Waals surface area contributed by atoms with Crippen molar-refractivity contribution < 1.29 is 9.13 Å². The Morgan fingerprint density at radius 3 is 2.72 bits per heavy atom. The number of benzene rings is 1. The summed E-state index contributed by atoms with van der Waals surface area (Å²) in [6.45, 7) is 2.11. The van der Waals surface area contributed by atoms with Crippen molar-refractivity contribution in [1.82, 2.24) is 9.97 Å². The van der Waals surface area contributed by atoms with Gasteiger partial charge in [0.15, 0.2) is 0 Å². The predicted octanol–water partition coefficient (Wildman–Crippen LogP) is 2.54. The first-order valence-corrected chi connectivity index (χ1v) is 5.56. The maximum Gasteiger partial charge on any atom is 0.144 e. The number of nitrogens with zero attached hydrogens (tertiary/aromatic N) is 2. The van der Waals surface area contributed by atoms with Crippen LogP contribution in [0.15, 0.2) is 30.6 Å². The van der Waals surface area contributed by atoms with Crippen LogP contribution in [-0.4, -0.2) is 17.0 Å². The lowest BCUT2D eigenvalue weighted by atomic mass is 10.2. The molecule has 0 aliphatic rings. The molecule has 1 aromatic heterocycles. The average molecular weight is 247 g/mol. The molecule has 5 heteroatoms. The van der Waals surface area contributed by atoms with Crippen molar-refractivity contribution in [3.05, 3.63) is 47.7 Å². The van der Waals surface area contributed by atoms with Crippen LogP contribution in [-0.2, 0) is 6.61 Å². The third-order valence-corrected chi connectivity index (χ3v) is 2.47. The van der Waals surface area contributed by atoms with Gasteiger partial charge in [0, 0.05) is 7.05 Å². The molecule has 94 valence electrons. The van der Waals surface area contributed by atoms with Crippen molar-refractivity contribution in [1.29, 1.82) is 0 Å². The molecule has 1 aromatic carbocycles. The molecule has 2 rings (SSSR count). The van der Waals surface area contributed by atoms with Crippen LogP contribution in [0.3, 0.4) is 0 Å². The number of rotatable bonds is 4. The van der Waals surface area contributed by atoms with E-state index in [0.29, 0.717) is 18.2 Å². The maximum atomic E-state index is 12.9. The number of aromatic nitrogens is 2. The molecule has 1 heterocycles. The van der Waals surface area contributed by atoms with E-state index in [1.807, 2.05) is 0 Å². The van der Waals surface area contributed by atoms with Gasteiger partial charge in [-0.1, -0.05) is 0 Å². The summed E-state index contributed by atoms with van der Waals surface area (Å²) in [7, 11) is 1.78. The standard InChI is InChI=1S/C13H14FN3O/c1-9-5-10(14)3-4-12(9)18-8-11-6-17-13(15-2)7-16-11/h3-7H,8H2,1-2H3,(H,15,17). The lowest BCUT2D eigenvalue weighted by Crippen LogP contribution is -2.02. The number of hydrogen-bond acceptors (Lipinski definition) is 4. The summed E-state index contributed by atoms with van der Waals surface area (Å²) in [6, 6.07) is 4.42. The van der Waals surface area contributed by atoms with Crippen molar-refractivity contribution in [3.63, 3.8) is 0 Å². The van der Waals surface area contributed by atoms with Crippen LogP contribution >= 0.6 is 0 Å². The molecule has 0 bridgehead atoms. The van der Waals surface area contributed by atoms with Crippen molar-refractivity contribution in [2.75, 3.05) is 12.4 Å². The van der Waals surface area contributed by atoms with Crippen LogP contribution in [0.1, 0.15) is 11.3 Å². The van der Waals surface area contributed by atoms with Gasteiger partial charge in [0.1, 0.15) is 24.0 Å². The summed E-state index contributed by atoms with van der Waals surface area (Å²) >= 11 is 0. The topological polar surface area (TPSA) is 47.0 Å². The number of hydrogen-bond donors (Lipinski definition) is 1. The molecule has 0 atom stereocenters. The quantitative estimate of drug-likeness (QED) is 0.902. The van der Waals surface area contributed by atoms with E-state index in [9.17, 15) is 4.39 Å². The SMILES string of the molecule is CNc1cnc(COc2ccc(F)cc2C)cn1. The molecule has 0 aliphatic heterocycles. The highest BCUT2D eigenvalue weighted by atomic mass is 19.1. The number of aryl methyl sites for hydroxylation is 1. The van der Waals surface area contributed by atoms with E-state index in [1.165, 1.54) is 12.1 Å². The first-order valence-electron chi connectivity index (χ1n) is 5.56. The minimum Gasteiger partial charge on any atom is -0.487 e. The number of ether oxygens (including phenoxy) is 1. The van der Waals surface area contributed by atoms with Gasteiger partial charge in [0.25, 0.3) is 0 Å². The van der Waals surface area contributed by atoms with Crippen LogP contribution in [0, 0.1) is 12.7 Å². The number of anilines is 1. The largest absolute Gasteiger partial charge is 0.487 e. The average Bonchev–Trinajstić information content (AvgIpc) is 2.38. The second kappa shape index (κ2) is 5.44. The first kappa shape index (κ1) is 12.3. The van der Waals surface area contributed by atoms with E-state index in [-0.39, 0.29) is 5.82 Å². The highest BCUT2D eigenvalue weighted by molar-refractivity contribution is 5.33. The summed E-state index contributed by atoms with van der Waals surface area (Å²) < 4.78 is 18.5. The fourth-order valence-electron chi connectivity index (χ4n) is 1.48. The second-order valence-corrected chi connectivity index (χ2v) is 3.84. The molecule has 0 amide bonds. The zero-order valence-corrected chi connectivity index (χ0v) is 10.3. The molecule has 18 heavy (non-hydrogen) atoms. The Bertz CT molecular complexity index is 528. The summed E-state index contributed by atoms with van der Waals surface area (Å²) in [4.78, 5) is 8.32. The summed E-state index contributed by atoms with van der Waals surface area (Å²) in [6.07, 6.45) is 3.28. The first-order chi connectivity index (χ1) is 8.69. The monoisotopic (exact) mass is 247 g/mol. The van der Waals surface area contributed by atoms with Crippen molar-refractivity contribution >= 4 is 5.82 Å². The smallest absolute Gasteiger partial charge is 0.144 e. The van der Waals surface area contributed by atoms with Gasteiger partial charge in [0.05, 0.1) is 18.1 Å². The van der Waals surface area contributed by atoms with Crippen LogP contribution in [0.5, 0.6) is 5.75 Å². The minimum absolute atomic E-state index is 0.266. The van der Waals surface area contributed by atoms with Gasteiger partial charge in [-0.2, -0.15) is 0 Å². The summed E-state index contributed by atoms with van der Waals surface area (Å²) in [5, 5.41) is 2.89. The van der Waals surface area contributed by atoms with Crippen molar-refractivity contribution in [3.8, 4) is 5.75 Å². The van der Waals surface area contributed by atoms with Gasteiger partial charge in [0.2, 0.25) is 0 Å². The van der Waals surface area contributed by atoms with E-state index in [1.54, 1.807) is 32.4 Å². The van der Waals surface area contributed by atoms with Crippen LogP contribution in [0.25, 0.3) is 0 Å². The Morgan fingerprint density at radius 1 is 1.28 bits per heavy atom. The Balaban J connectivity index is 2.02. The fourth-order valence-corrected chi connectivity index (χ4v) is 1.48. The predicted molar refractivity (Wildman–Crippen MR) is 67.0 cm³/mol. The minimum atomic E-state index is -0.266. The molecule has 0 spiro atoms. The summed E-state index contributed by atoms with van der Waals surface area (Å²) in [5.41, 5.74) is 1.48. The van der Waals surface area contributed by atoms with Crippen molar-refractivity contribution in [2.45, 2.75) is 13.5 Å². The van der Waals surface area contributed by atoms with Gasteiger partial charge < -0.3 is 10.1 Å². The van der Waals surface area contributed by atoms with Gasteiger partial charge in [-0.25, -0.2) is 9.37 Å². The maximum absolute atomic E-state index is 12.9. The third-order valence-electron chi connectivity index (χ3n) is 2.47. The highest BCUT2D eigenvalue weighted by Gasteiger charge is 2.02. The van der Waals surface area contributed by atoms with Gasteiger partial charge in [-0.15, -0.1) is 0 Å². The summed E-state index contributed by atoms with van der Waals surface area (Å²) in [5.74, 6) is 1.09. The Morgan fingerprint density at radius 2 is 2.11 bits per heavy atom. The zero-order chi connectivity index (χ0) is 13.0. The van der Waals surface area contributed by atoms with Gasteiger partial charge in [-0.05, 0) is 30.7 Å². The molecule has 0 fully saturated rings. The van der Waals surface area contributed by atoms with E-state index in [4.69, 9.17) is 4.74 Å². The fraction of sp³-hybridized carbons (Fsp3) is 0.231. The molecule has 4 nitrogen and oxygen atoms in total. The van der Waals surface area contributed by atoms with E-state index in [0.717, 1.165) is 11.3 Å². The molecule has 0 radical (unpaired) electrons. The molecule has 0 saturated heterocycles. The number of nitrogens with one attached hydrogen (secondary N) is 1. The molecule has 0 saturated carbocycles. The Kier molecular flexibility index (Phi) is 3.72. The zero-order valence-electron chi connectivity index (χ0n) is 10.3. The third kappa shape index (κ3) is 2.94. The van der Waals surface area contributed by atoms with Crippen LogP contribution in [0.4, 0.5) is 10.2 Å². The van der Waals surface area contributed by atoms with E-state index >= 15 is 0 Å². The second-order valence-electron chi connectivity index (χ2n) is 3.84. The molecule has 0 aliphatic carbocycles. The van der Waals surface area contributed by atoms with Crippen LogP contribution < -0.4 is 10.1 Å². The lowest BCUT2D eigenvalue weighted by molar-refractivity contribution is 0.298. The normalized spacial score (nSPS) is 10.2. The molecule has 1 N–H and O–H groups in total. The Hall–Kier alpha value is -2.17. The van der Waals surface area contributed by atoms with Gasteiger partial charge >= 0.3 is 0 Å². The van der Waals surface area contributed by atoms with E-state index in [2.05, 4.69) is 15.3 Å². The number of halogens is 1. The van der Waals surface area contributed by atoms with Crippen molar-refractivity contribution in [2.24, 2.45) is 0 Å². The van der Waals surface area contributed by atoms with E-state index < -0.39 is 0 Å². The van der Waals surface area contributed by atoms with Gasteiger partial charge in [-0.3, -0.25) is 4.98 Å². The molecular formula is C13H14FN3O. The highest BCUT2D eigenvalue weighted by Crippen LogP contribution is 2.19.